The molecule has 0 heterocycles. The highest BCUT2D eigenvalue weighted by molar-refractivity contribution is 5.26. The van der Waals surface area contributed by atoms with Crippen molar-refractivity contribution in [3.05, 3.63) is 35.4 Å². The highest BCUT2D eigenvalue weighted by Crippen LogP contribution is 2.28. The van der Waals surface area contributed by atoms with Crippen molar-refractivity contribution in [2.75, 3.05) is 0 Å². The van der Waals surface area contributed by atoms with Gasteiger partial charge in [0.25, 0.3) is 0 Å². The molecule has 0 saturated carbocycles. The van der Waals surface area contributed by atoms with Crippen molar-refractivity contribution in [2.24, 2.45) is 0 Å². The molecule has 0 saturated heterocycles. The van der Waals surface area contributed by atoms with E-state index < -0.39 is 23.3 Å². The molecule has 0 aromatic heterocycles. The standard InChI is InChI=1S/C8H6F4O2/c9-7(10,13)5-1-2-6(4-3-5)8(11,12)14/h1-4,13-14H. The number of benzene rings is 1. The number of hydrogen-bond acceptors (Lipinski definition) is 2. The summed E-state index contributed by atoms with van der Waals surface area (Å²) in [6, 6.07) is 2.44. The molecule has 0 radical (unpaired) electrons. The molecule has 14 heavy (non-hydrogen) atoms. The van der Waals surface area contributed by atoms with Crippen molar-refractivity contribution in [3.63, 3.8) is 0 Å². The van der Waals surface area contributed by atoms with E-state index in [9.17, 15) is 17.6 Å². The molecule has 6 heteroatoms. The molecule has 1 aromatic rings. The van der Waals surface area contributed by atoms with Crippen LogP contribution >= 0.6 is 0 Å². The normalized spacial score (nSPS) is 13.0. The van der Waals surface area contributed by atoms with Crippen LogP contribution in [0.5, 0.6) is 0 Å². The van der Waals surface area contributed by atoms with Gasteiger partial charge in [0.2, 0.25) is 0 Å². The van der Waals surface area contributed by atoms with Crippen LogP contribution in [-0.4, -0.2) is 10.2 Å². The van der Waals surface area contributed by atoms with Gasteiger partial charge in [0.05, 0.1) is 11.1 Å². The van der Waals surface area contributed by atoms with Gasteiger partial charge in [-0.15, -0.1) is 0 Å². The van der Waals surface area contributed by atoms with Crippen LogP contribution in [-0.2, 0) is 12.2 Å². The molecule has 0 aliphatic carbocycles. The van der Waals surface area contributed by atoms with Gasteiger partial charge in [-0.25, -0.2) is 0 Å². The Morgan fingerprint density at radius 2 is 0.929 bits per heavy atom. The Bertz CT molecular complexity index is 277. The molecule has 0 fully saturated rings. The number of hydrogen-bond donors (Lipinski definition) is 2. The van der Waals surface area contributed by atoms with Gasteiger partial charge in [0.15, 0.2) is 0 Å². The van der Waals surface area contributed by atoms with Crippen LogP contribution in [0.15, 0.2) is 24.3 Å². The Morgan fingerprint density at radius 3 is 1.07 bits per heavy atom. The number of halogens is 4. The minimum absolute atomic E-state index is 0.611. The summed E-state index contributed by atoms with van der Waals surface area (Å²) in [5.41, 5.74) is -1.63. The Kier molecular flexibility index (Phi) is 2.51. The van der Waals surface area contributed by atoms with E-state index in [0.717, 1.165) is 0 Å². The van der Waals surface area contributed by atoms with Gasteiger partial charge in [-0.2, -0.15) is 17.6 Å². The molecule has 0 unspecified atom stereocenters. The van der Waals surface area contributed by atoms with Crippen molar-refractivity contribution in [2.45, 2.75) is 12.2 Å². The first-order valence-electron chi connectivity index (χ1n) is 3.52. The molecule has 0 bridgehead atoms. The fraction of sp³-hybridized carbons (Fsp3) is 0.250. The minimum Gasteiger partial charge on any atom is -0.332 e. The Morgan fingerprint density at radius 1 is 0.714 bits per heavy atom. The molecule has 0 amide bonds. The van der Waals surface area contributed by atoms with Crippen LogP contribution in [0.1, 0.15) is 11.1 Å². The van der Waals surface area contributed by atoms with E-state index in [4.69, 9.17) is 10.2 Å². The van der Waals surface area contributed by atoms with E-state index >= 15 is 0 Å². The van der Waals surface area contributed by atoms with Crippen molar-refractivity contribution in [3.8, 4) is 0 Å². The van der Waals surface area contributed by atoms with Crippen LogP contribution < -0.4 is 0 Å². The maximum atomic E-state index is 12.2. The summed E-state index contributed by atoms with van der Waals surface area (Å²) in [7, 11) is 0. The van der Waals surface area contributed by atoms with Gasteiger partial charge < -0.3 is 10.2 Å². The number of aliphatic hydroxyl groups is 2. The van der Waals surface area contributed by atoms with Crippen molar-refractivity contribution in [1.29, 1.82) is 0 Å². The number of alkyl halides is 4. The minimum atomic E-state index is -4.07. The molecule has 78 valence electrons. The zero-order valence-corrected chi connectivity index (χ0v) is 6.72. The highest BCUT2D eigenvalue weighted by Gasteiger charge is 2.31. The zero-order chi connectivity index (χ0) is 11.0. The smallest absolute Gasteiger partial charge is 0.332 e. The summed E-state index contributed by atoms with van der Waals surface area (Å²) in [5.74, 6) is 0. The van der Waals surface area contributed by atoms with E-state index in [0.29, 0.717) is 24.3 Å². The fourth-order valence-corrected chi connectivity index (χ4v) is 0.871. The number of rotatable bonds is 2. The lowest BCUT2D eigenvalue weighted by Gasteiger charge is -2.12. The van der Waals surface area contributed by atoms with Gasteiger partial charge in [-0.1, -0.05) is 0 Å². The Balaban J connectivity index is 3.02. The fourth-order valence-electron chi connectivity index (χ4n) is 0.871. The van der Waals surface area contributed by atoms with E-state index in [-0.39, 0.29) is 0 Å². The predicted molar refractivity (Wildman–Crippen MR) is 38.7 cm³/mol. The molecule has 2 nitrogen and oxygen atoms in total. The van der Waals surface area contributed by atoms with Gasteiger partial charge in [-0.3, -0.25) is 0 Å². The van der Waals surface area contributed by atoms with E-state index in [1.807, 2.05) is 0 Å². The summed E-state index contributed by atoms with van der Waals surface area (Å²) in [6.45, 7) is 0. The average Bonchev–Trinajstić information content (AvgIpc) is 2.01. The third-order valence-electron chi connectivity index (χ3n) is 1.58. The third kappa shape index (κ3) is 2.43. The van der Waals surface area contributed by atoms with Gasteiger partial charge in [-0.05, 0) is 24.3 Å². The summed E-state index contributed by atoms with van der Waals surface area (Å²) in [4.78, 5) is 0. The molecule has 2 N–H and O–H groups in total. The van der Waals surface area contributed by atoms with Crippen molar-refractivity contribution in [1.82, 2.24) is 0 Å². The first-order valence-corrected chi connectivity index (χ1v) is 3.52. The predicted octanol–water partition coefficient (Wildman–Crippen LogP) is 1.77. The highest BCUT2D eigenvalue weighted by atomic mass is 19.3. The summed E-state index contributed by atoms with van der Waals surface area (Å²) in [5, 5.41) is 16.4. The Hall–Kier alpha value is -1.14. The van der Waals surface area contributed by atoms with Crippen molar-refractivity contribution < 1.29 is 27.8 Å². The lowest BCUT2D eigenvalue weighted by Crippen LogP contribution is -2.14. The molecule has 0 atom stereocenters. The maximum Gasteiger partial charge on any atom is 0.380 e. The summed E-state index contributed by atoms with van der Waals surface area (Å²) in [6.07, 6.45) is -8.13. The molecule has 0 aliphatic rings. The van der Waals surface area contributed by atoms with Crippen LogP contribution in [0.3, 0.4) is 0 Å². The van der Waals surface area contributed by atoms with E-state index in [1.54, 1.807) is 0 Å². The van der Waals surface area contributed by atoms with Gasteiger partial charge in [0.1, 0.15) is 0 Å². The topological polar surface area (TPSA) is 40.5 Å². The van der Waals surface area contributed by atoms with E-state index in [1.165, 1.54) is 0 Å². The largest absolute Gasteiger partial charge is 0.380 e. The molecule has 0 spiro atoms. The molecule has 1 rings (SSSR count). The molecule has 1 aromatic carbocycles. The quantitative estimate of drug-likeness (QED) is 0.730. The Labute approximate surface area is 76.4 Å². The molecule has 0 aliphatic heterocycles. The van der Waals surface area contributed by atoms with Gasteiger partial charge >= 0.3 is 12.2 Å². The van der Waals surface area contributed by atoms with E-state index in [2.05, 4.69) is 0 Å². The first kappa shape index (κ1) is 10.9. The summed E-state index contributed by atoms with van der Waals surface area (Å²) >= 11 is 0. The second kappa shape index (κ2) is 3.21. The molecular formula is C8H6F4O2. The lowest BCUT2D eigenvalue weighted by molar-refractivity contribution is -0.212. The average molecular weight is 210 g/mol. The lowest BCUT2D eigenvalue weighted by atomic mass is 10.1. The SMILES string of the molecule is OC(F)(F)c1ccc(C(O)(F)F)cc1. The second-order valence-corrected chi connectivity index (χ2v) is 2.66. The van der Waals surface area contributed by atoms with Crippen LogP contribution in [0, 0.1) is 0 Å². The first-order chi connectivity index (χ1) is 6.21. The molecular weight excluding hydrogens is 204 g/mol. The summed E-state index contributed by atoms with van der Waals surface area (Å²) < 4.78 is 48.8. The van der Waals surface area contributed by atoms with Crippen LogP contribution in [0.4, 0.5) is 17.6 Å². The maximum absolute atomic E-state index is 12.2. The van der Waals surface area contributed by atoms with Crippen molar-refractivity contribution >= 4 is 0 Å². The monoisotopic (exact) mass is 210 g/mol. The van der Waals surface area contributed by atoms with Crippen LogP contribution in [0.25, 0.3) is 0 Å². The van der Waals surface area contributed by atoms with Gasteiger partial charge in [0, 0.05) is 0 Å². The zero-order valence-electron chi connectivity index (χ0n) is 6.72. The third-order valence-corrected chi connectivity index (χ3v) is 1.58. The second-order valence-electron chi connectivity index (χ2n) is 2.66. The van der Waals surface area contributed by atoms with Crippen LogP contribution in [0.2, 0.25) is 0 Å².